The van der Waals surface area contributed by atoms with Crippen LogP contribution in [-0.4, -0.2) is 25.2 Å². The van der Waals surface area contributed by atoms with Crippen molar-refractivity contribution in [2.75, 3.05) is 0 Å². The van der Waals surface area contributed by atoms with E-state index in [1.54, 1.807) is 6.92 Å². The number of alkyl halides is 3. The van der Waals surface area contributed by atoms with Crippen LogP contribution in [-0.2, 0) is 12.7 Å². The van der Waals surface area contributed by atoms with Crippen molar-refractivity contribution in [3.05, 3.63) is 46.3 Å². The zero-order chi connectivity index (χ0) is 15.8. The second kappa shape index (κ2) is 5.08. The lowest BCUT2D eigenvalue weighted by Gasteiger charge is -2.05. The molecule has 2 rings (SSSR count). The van der Waals surface area contributed by atoms with Crippen molar-refractivity contribution < 1.29 is 23.1 Å². The number of halogens is 3. The van der Waals surface area contributed by atoms with Gasteiger partial charge in [0, 0.05) is 31.3 Å². The fraction of sp³-hybridized carbons (Fsp3) is 0.250. The van der Waals surface area contributed by atoms with Gasteiger partial charge in [0.1, 0.15) is 0 Å². The van der Waals surface area contributed by atoms with Crippen LogP contribution < -0.4 is 5.56 Å². The van der Waals surface area contributed by atoms with E-state index in [0.29, 0.717) is 12.7 Å². The summed E-state index contributed by atoms with van der Waals surface area (Å²) in [5.41, 5.74) is -2.88. The average molecular weight is 301 g/mol. The molecule has 0 aliphatic heterocycles. The highest BCUT2D eigenvalue weighted by atomic mass is 19.4. The molecule has 0 aliphatic carbocycles. The van der Waals surface area contributed by atoms with Gasteiger partial charge in [-0.1, -0.05) is 0 Å². The van der Waals surface area contributed by atoms with Gasteiger partial charge in [0.25, 0.3) is 5.56 Å². The number of carboxylic acids is 1. The molecule has 0 saturated heterocycles. The average Bonchev–Trinajstić information content (AvgIpc) is 2.84. The molecule has 2 heterocycles. The summed E-state index contributed by atoms with van der Waals surface area (Å²) in [6.07, 6.45) is -0.911. The predicted octanol–water partition coefficient (Wildman–Crippen LogP) is 1.77. The van der Waals surface area contributed by atoms with Gasteiger partial charge >= 0.3 is 12.1 Å². The monoisotopic (exact) mass is 301 g/mol. The summed E-state index contributed by atoms with van der Waals surface area (Å²) in [4.78, 5) is 26.6. The van der Waals surface area contributed by atoms with Crippen molar-refractivity contribution in [3.63, 3.8) is 0 Å². The van der Waals surface area contributed by atoms with Gasteiger partial charge in [0.2, 0.25) is 5.82 Å². The number of hydrogen-bond donors (Lipinski definition) is 1. The molecule has 0 bridgehead atoms. The predicted molar refractivity (Wildman–Crippen MR) is 65.5 cm³/mol. The molecule has 2 aromatic heterocycles. The Morgan fingerprint density at radius 1 is 1.38 bits per heavy atom. The maximum absolute atomic E-state index is 12.8. The number of carboxylic acid groups (broad SMARTS) is 1. The molecule has 0 fully saturated rings. The van der Waals surface area contributed by atoms with E-state index in [1.807, 2.05) is 0 Å². The largest absolute Gasteiger partial charge is 0.478 e. The Hall–Kier alpha value is -2.58. The van der Waals surface area contributed by atoms with Crippen LogP contribution in [0.5, 0.6) is 0 Å². The fourth-order valence-electron chi connectivity index (χ4n) is 1.84. The lowest BCUT2D eigenvalue weighted by atomic mass is 10.2. The van der Waals surface area contributed by atoms with Gasteiger partial charge in [-0.3, -0.25) is 4.79 Å². The Morgan fingerprint density at radius 3 is 2.52 bits per heavy atom. The standard InChI is InChI=1S/C12H10F3N3O3/c1-2-17-4-3-16-9(10(17)19)18-5-7(11(20)21)8(6-18)12(13,14)15/h3-6H,2H2,1H3,(H,20,21). The Kier molecular flexibility index (Phi) is 3.58. The summed E-state index contributed by atoms with van der Waals surface area (Å²) in [6, 6.07) is 0. The molecule has 21 heavy (non-hydrogen) atoms. The number of aryl methyl sites for hydroxylation is 1. The zero-order valence-electron chi connectivity index (χ0n) is 10.8. The molecule has 0 amide bonds. The van der Waals surface area contributed by atoms with Crippen LogP contribution in [0.25, 0.3) is 5.82 Å². The highest BCUT2D eigenvalue weighted by molar-refractivity contribution is 5.89. The normalized spacial score (nSPS) is 11.6. The maximum Gasteiger partial charge on any atom is 0.418 e. The fourth-order valence-corrected chi connectivity index (χ4v) is 1.84. The molecule has 112 valence electrons. The van der Waals surface area contributed by atoms with E-state index in [4.69, 9.17) is 5.11 Å². The van der Waals surface area contributed by atoms with Gasteiger partial charge in [-0.05, 0) is 6.92 Å². The smallest absolute Gasteiger partial charge is 0.418 e. The first kappa shape index (κ1) is 14.8. The summed E-state index contributed by atoms with van der Waals surface area (Å²) in [5.74, 6) is -2.02. The number of aromatic carboxylic acids is 1. The number of aromatic nitrogens is 3. The van der Waals surface area contributed by atoms with Crippen molar-refractivity contribution >= 4 is 5.97 Å². The van der Waals surface area contributed by atoms with E-state index in [0.717, 1.165) is 10.8 Å². The Bertz CT molecular complexity index is 746. The minimum absolute atomic E-state index is 0.294. The summed E-state index contributed by atoms with van der Waals surface area (Å²) in [7, 11) is 0. The van der Waals surface area contributed by atoms with E-state index in [2.05, 4.69) is 4.98 Å². The van der Waals surface area contributed by atoms with Crippen molar-refractivity contribution in [2.45, 2.75) is 19.6 Å². The molecular formula is C12H10F3N3O3. The van der Waals surface area contributed by atoms with Crippen LogP contribution in [0.15, 0.2) is 29.6 Å². The highest BCUT2D eigenvalue weighted by Crippen LogP contribution is 2.33. The topological polar surface area (TPSA) is 77.1 Å². The first-order valence-corrected chi connectivity index (χ1v) is 5.84. The van der Waals surface area contributed by atoms with E-state index in [1.165, 1.54) is 17.0 Å². The summed E-state index contributed by atoms with van der Waals surface area (Å²) in [6.45, 7) is 2.00. The second-order valence-corrected chi connectivity index (χ2v) is 4.14. The maximum atomic E-state index is 12.8. The van der Waals surface area contributed by atoms with Gasteiger partial charge in [-0.2, -0.15) is 13.2 Å². The van der Waals surface area contributed by atoms with Crippen LogP contribution in [0, 0.1) is 0 Å². The van der Waals surface area contributed by atoms with E-state index in [-0.39, 0.29) is 5.82 Å². The summed E-state index contributed by atoms with van der Waals surface area (Å²) in [5, 5.41) is 8.84. The molecule has 0 saturated carbocycles. The Balaban J connectivity index is 2.67. The first-order valence-electron chi connectivity index (χ1n) is 5.84. The molecule has 0 aliphatic rings. The van der Waals surface area contributed by atoms with Crippen LogP contribution >= 0.6 is 0 Å². The Morgan fingerprint density at radius 2 is 2.05 bits per heavy atom. The number of hydrogen-bond acceptors (Lipinski definition) is 3. The first-order chi connectivity index (χ1) is 9.75. The van der Waals surface area contributed by atoms with Crippen LogP contribution in [0.4, 0.5) is 13.2 Å². The van der Waals surface area contributed by atoms with Gasteiger partial charge in [-0.25, -0.2) is 9.78 Å². The third-order valence-corrected chi connectivity index (χ3v) is 2.84. The van der Waals surface area contributed by atoms with Gasteiger partial charge in [-0.15, -0.1) is 0 Å². The molecule has 1 N–H and O–H groups in total. The van der Waals surface area contributed by atoms with Crippen molar-refractivity contribution in [2.24, 2.45) is 0 Å². The van der Waals surface area contributed by atoms with Gasteiger partial charge in [0.15, 0.2) is 0 Å². The van der Waals surface area contributed by atoms with Gasteiger partial charge in [0.05, 0.1) is 11.1 Å². The number of carbonyl (C=O) groups is 1. The lowest BCUT2D eigenvalue weighted by Crippen LogP contribution is -2.24. The van der Waals surface area contributed by atoms with Crippen molar-refractivity contribution in [1.29, 1.82) is 0 Å². The third kappa shape index (κ3) is 2.67. The lowest BCUT2D eigenvalue weighted by molar-refractivity contribution is -0.138. The van der Waals surface area contributed by atoms with E-state index >= 15 is 0 Å². The molecule has 2 aromatic rings. The van der Waals surface area contributed by atoms with Crippen molar-refractivity contribution in [1.82, 2.24) is 14.1 Å². The van der Waals surface area contributed by atoms with Gasteiger partial charge < -0.3 is 14.2 Å². The Labute approximate surface area is 116 Å². The summed E-state index contributed by atoms with van der Waals surface area (Å²) >= 11 is 0. The van der Waals surface area contributed by atoms with Crippen LogP contribution in [0.1, 0.15) is 22.8 Å². The molecule has 9 heteroatoms. The number of nitrogens with zero attached hydrogens (tertiary/aromatic N) is 3. The quantitative estimate of drug-likeness (QED) is 0.937. The number of rotatable bonds is 3. The summed E-state index contributed by atoms with van der Waals surface area (Å²) < 4.78 is 40.4. The molecular weight excluding hydrogens is 291 g/mol. The minimum atomic E-state index is -4.84. The second-order valence-electron chi connectivity index (χ2n) is 4.14. The molecule has 0 spiro atoms. The SMILES string of the molecule is CCn1ccnc(-n2cc(C(=O)O)c(C(F)(F)F)c2)c1=O. The molecule has 0 atom stereocenters. The van der Waals surface area contributed by atoms with Crippen LogP contribution in [0.3, 0.4) is 0 Å². The van der Waals surface area contributed by atoms with E-state index < -0.39 is 28.8 Å². The van der Waals surface area contributed by atoms with E-state index in [9.17, 15) is 22.8 Å². The van der Waals surface area contributed by atoms with Crippen LogP contribution in [0.2, 0.25) is 0 Å². The third-order valence-electron chi connectivity index (χ3n) is 2.84. The zero-order valence-corrected chi connectivity index (χ0v) is 10.8. The molecule has 0 aromatic carbocycles. The highest BCUT2D eigenvalue weighted by Gasteiger charge is 2.37. The van der Waals surface area contributed by atoms with Crippen molar-refractivity contribution in [3.8, 4) is 5.82 Å². The molecule has 0 radical (unpaired) electrons. The molecule has 6 nitrogen and oxygen atoms in total. The molecule has 0 unspecified atom stereocenters. The minimum Gasteiger partial charge on any atom is -0.478 e.